The van der Waals surface area contributed by atoms with E-state index in [1.807, 2.05) is 12.1 Å². The number of anilines is 1. The summed E-state index contributed by atoms with van der Waals surface area (Å²) in [7, 11) is 1.69. The van der Waals surface area contributed by atoms with Crippen LogP contribution in [0.3, 0.4) is 0 Å². The van der Waals surface area contributed by atoms with E-state index in [0.29, 0.717) is 18.9 Å². The van der Waals surface area contributed by atoms with Crippen LogP contribution in [0.4, 0.5) is 5.82 Å². The molecule has 4 aromatic rings. The summed E-state index contributed by atoms with van der Waals surface area (Å²) in [6.07, 6.45) is 4.25. The number of thiophene rings is 1. The fourth-order valence-electron chi connectivity index (χ4n) is 4.50. The molecule has 8 nitrogen and oxygen atoms in total. The Morgan fingerprint density at radius 3 is 3.00 bits per heavy atom. The van der Waals surface area contributed by atoms with Crippen molar-refractivity contribution in [3.8, 4) is 22.3 Å². The van der Waals surface area contributed by atoms with Crippen LogP contribution in [0.25, 0.3) is 31.6 Å². The summed E-state index contributed by atoms with van der Waals surface area (Å²) in [6.45, 7) is 3.23. The largest absolute Gasteiger partial charge is 0.495 e. The molecular formula is C23H22N6O2S. The summed E-state index contributed by atoms with van der Waals surface area (Å²) in [5.74, 6) is 1.15. The second-order valence-electron chi connectivity index (χ2n) is 8.02. The molecule has 1 aliphatic rings. The van der Waals surface area contributed by atoms with Gasteiger partial charge in [-0.2, -0.15) is 5.26 Å². The van der Waals surface area contributed by atoms with Crippen LogP contribution in [0.1, 0.15) is 24.4 Å². The minimum Gasteiger partial charge on any atom is -0.495 e. The molecule has 1 aromatic carbocycles. The topological polar surface area (TPSA) is 110 Å². The van der Waals surface area contributed by atoms with E-state index in [1.54, 1.807) is 23.3 Å². The molecule has 32 heavy (non-hydrogen) atoms. The highest BCUT2D eigenvalue weighted by atomic mass is 32.1. The standard InChI is InChI=1S/C23H22N6O2S/c1-13-7-14-9-18(32-21(14)17(8-13)31-2)16-11-29(23-20(16)22(25)26-12-27-23)15-4-6-28(10-15)19(30)3-5-24/h7-9,11-12,15H,3-4,6,10H2,1-2H3,(H2,25,26,27). The van der Waals surface area contributed by atoms with Gasteiger partial charge in [0.05, 0.1) is 29.3 Å². The molecule has 1 saturated heterocycles. The van der Waals surface area contributed by atoms with E-state index in [1.165, 1.54) is 6.33 Å². The van der Waals surface area contributed by atoms with Crippen LogP contribution >= 0.6 is 11.3 Å². The number of nitriles is 1. The monoisotopic (exact) mass is 446 g/mol. The molecule has 1 amide bonds. The smallest absolute Gasteiger partial charge is 0.236 e. The first-order chi connectivity index (χ1) is 15.5. The molecule has 162 valence electrons. The van der Waals surface area contributed by atoms with Crippen LogP contribution in [0.2, 0.25) is 0 Å². The normalized spacial score (nSPS) is 16.0. The average Bonchev–Trinajstić information content (AvgIpc) is 3.49. The van der Waals surface area contributed by atoms with E-state index < -0.39 is 0 Å². The van der Waals surface area contributed by atoms with Gasteiger partial charge in [0.25, 0.3) is 0 Å². The number of nitrogens with zero attached hydrogens (tertiary/aromatic N) is 5. The number of fused-ring (bicyclic) bond motifs is 2. The Morgan fingerprint density at radius 1 is 1.38 bits per heavy atom. The molecule has 1 fully saturated rings. The van der Waals surface area contributed by atoms with Crippen molar-refractivity contribution in [1.82, 2.24) is 19.4 Å². The molecule has 0 aliphatic carbocycles. The van der Waals surface area contributed by atoms with Gasteiger partial charge >= 0.3 is 0 Å². The highest BCUT2D eigenvalue weighted by Gasteiger charge is 2.30. The Labute approximate surface area is 188 Å². The molecule has 0 radical (unpaired) electrons. The molecule has 1 aliphatic heterocycles. The molecule has 4 heterocycles. The molecule has 1 unspecified atom stereocenters. The van der Waals surface area contributed by atoms with Crippen LogP contribution in [-0.4, -0.2) is 45.5 Å². The third-order valence-corrected chi connectivity index (χ3v) is 7.19. The van der Waals surface area contributed by atoms with Gasteiger partial charge in [0.15, 0.2) is 0 Å². The van der Waals surface area contributed by atoms with E-state index in [-0.39, 0.29) is 18.4 Å². The predicted octanol–water partition coefficient (Wildman–Crippen LogP) is 3.90. The van der Waals surface area contributed by atoms with Crippen LogP contribution in [0, 0.1) is 18.3 Å². The van der Waals surface area contributed by atoms with Crippen LogP contribution in [0.5, 0.6) is 5.75 Å². The average molecular weight is 447 g/mol. The lowest BCUT2D eigenvalue weighted by atomic mass is 10.1. The number of nitrogen functional groups attached to an aromatic ring is 1. The number of hydrogen-bond donors (Lipinski definition) is 1. The number of nitrogens with two attached hydrogens (primary N) is 1. The number of carbonyl (C=O) groups excluding carboxylic acids is 1. The second kappa shape index (κ2) is 7.80. The minimum atomic E-state index is -0.132. The summed E-state index contributed by atoms with van der Waals surface area (Å²) >= 11 is 1.65. The van der Waals surface area contributed by atoms with Crippen molar-refractivity contribution < 1.29 is 9.53 Å². The molecule has 1 atom stereocenters. The Hall–Kier alpha value is -3.64. The number of methoxy groups -OCH3 is 1. The van der Waals surface area contributed by atoms with Gasteiger partial charge < -0.3 is 19.9 Å². The summed E-state index contributed by atoms with van der Waals surface area (Å²) in [5, 5.41) is 10.8. The predicted molar refractivity (Wildman–Crippen MR) is 125 cm³/mol. The number of aromatic nitrogens is 3. The van der Waals surface area contributed by atoms with Gasteiger partial charge in [-0.15, -0.1) is 11.3 Å². The Kier molecular flexibility index (Phi) is 4.94. The Bertz CT molecular complexity index is 1400. The first-order valence-corrected chi connectivity index (χ1v) is 11.2. The molecule has 0 saturated carbocycles. The zero-order valence-corrected chi connectivity index (χ0v) is 18.6. The number of hydrogen-bond acceptors (Lipinski definition) is 7. The molecule has 3 aromatic heterocycles. The van der Waals surface area contributed by atoms with E-state index in [4.69, 9.17) is 15.7 Å². The number of ether oxygens (including phenoxy) is 1. The summed E-state index contributed by atoms with van der Waals surface area (Å²) in [4.78, 5) is 23.8. The lowest BCUT2D eigenvalue weighted by Crippen LogP contribution is -2.28. The fourth-order valence-corrected chi connectivity index (χ4v) is 5.65. The third-order valence-electron chi connectivity index (χ3n) is 5.99. The van der Waals surface area contributed by atoms with Gasteiger partial charge in [0.1, 0.15) is 30.0 Å². The lowest BCUT2D eigenvalue weighted by Gasteiger charge is -2.16. The van der Waals surface area contributed by atoms with Gasteiger partial charge in [-0.05, 0) is 36.4 Å². The number of likely N-dealkylation sites (tertiary alicyclic amines) is 1. The van der Waals surface area contributed by atoms with E-state index in [2.05, 4.69) is 39.8 Å². The molecular weight excluding hydrogens is 424 g/mol. The number of amides is 1. The number of carbonyl (C=O) groups is 1. The van der Waals surface area contributed by atoms with E-state index in [0.717, 1.165) is 49.3 Å². The number of aryl methyl sites for hydroxylation is 1. The Morgan fingerprint density at radius 2 is 2.22 bits per heavy atom. The molecule has 2 N–H and O–H groups in total. The summed E-state index contributed by atoms with van der Waals surface area (Å²) in [5.41, 5.74) is 9.18. The lowest BCUT2D eigenvalue weighted by molar-refractivity contribution is -0.129. The SMILES string of the molecule is COc1cc(C)cc2cc(-c3cn(C4CCN(C(=O)CC#N)C4)c4ncnc(N)c34)sc12. The van der Waals surface area contributed by atoms with Gasteiger partial charge in [-0.1, -0.05) is 6.07 Å². The van der Waals surface area contributed by atoms with Crippen molar-refractivity contribution in [1.29, 1.82) is 5.26 Å². The van der Waals surface area contributed by atoms with Crippen molar-refractivity contribution in [2.75, 3.05) is 25.9 Å². The van der Waals surface area contributed by atoms with Gasteiger partial charge in [0.2, 0.25) is 5.91 Å². The maximum Gasteiger partial charge on any atom is 0.236 e. The van der Waals surface area contributed by atoms with E-state index in [9.17, 15) is 4.79 Å². The molecule has 9 heteroatoms. The van der Waals surface area contributed by atoms with Gasteiger partial charge in [0, 0.05) is 29.7 Å². The zero-order valence-electron chi connectivity index (χ0n) is 17.8. The molecule has 0 spiro atoms. The van der Waals surface area contributed by atoms with Gasteiger partial charge in [-0.25, -0.2) is 9.97 Å². The fraction of sp³-hybridized carbons (Fsp3) is 0.304. The van der Waals surface area contributed by atoms with Crippen molar-refractivity contribution in [2.24, 2.45) is 0 Å². The van der Waals surface area contributed by atoms with Crippen LogP contribution in [0.15, 0.2) is 30.7 Å². The summed E-state index contributed by atoms with van der Waals surface area (Å²) < 4.78 is 8.79. The van der Waals surface area contributed by atoms with Crippen molar-refractivity contribution in [3.63, 3.8) is 0 Å². The first kappa shape index (κ1) is 20.3. The molecule has 0 bridgehead atoms. The van der Waals surface area contributed by atoms with Crippen molar-refractivity contribution in [3.05, 3.63) is 36.3 Å². The van der Waals surface area contributed by atoms with Crippen LogP contribution < -0.4 is 10.5 Å². The van der Waals surface area contributed by atoms with Crippen LogP contribution in [-0.2, 0) is 4.79 Å². The summed E-state index contributed by atoms with van der Waals surface area (Å²) in [6, 6.07) is 8.34. The second-order valence-corrected chi connectivity index (χ2v) is 9.07. The van der Waals surface area contributed by atoms with E-state index >= 15 is 0 Å². The quantitative estimate of drug-likeness (QED) is 0.509. The first-order valence-electron chi connectivity index (χ1n) is 10.3. The van der Waals surface area contributed by atoms with Crippen molar-refractivity contribution in [2.45, 2.75) is 25.8 Å². The zero-order chi connectivity index (χ0) is 22.4. The number of benzene rings is 1. The third kappa shape index (κ3) is 3.24. The maximum atomic E-state index is 12.2. The highest BCUT2D eigenvalue weighted by Crippen LogP contribution is 2.43. The van der Waals surface area contributed by atoms with Crippen molar-refractivity contribution >= 4 is 44.2 Å². The highest BCUT2D eigenvalue weighted by molar-refractivity contribution is 7.22. The maximum absolute atomic E-state index is 12.2. The molecule has 5 rings (SSSR count). The minimum absolute atomic E-state index is 0.0642. The number of rotatable bonds is 4. The van der Waals surface area contributed by atoms with Gasteiger partial charge in [-0.3, -0.25) is 4.79 Å². The Balaban J connectivity index is 1.62.